The van der Waals surface area contributed by atoms with Gasteiger partial charge in [-0.2, -0.15) is 5.57 Å². The number of halogens is 2. The normalized spacial score (nSPS) is 13.4. The van der Waals surface area contributed by atoms with Crippen LogP contribution in [0.2, 0.25) is 0 Å². The summed E-state index contributed by atoms with van der Waals surface area (Å²) in [6.45, 7) is 4.21. The first kappa shape index (κ1) is 16.7. The monoisotopic (exact) mass is 221 g/mol. The number of hydrogen-bond donors (Lipinski definition) is 0. The van der Waals surface area contributed by atoms with Gasteiger partial charge in [0.15, 0.2) is 0 Å². The number of rotatable bonds is 0. The van der Waals surface area contributed by atoms with Crippen LogP contribution in [0, 0.1) is 6.08 Å². The van der Waals surface area contributed by atoms with Crippen molar-refractivity contribution in [2.24, 2.45) is 0 Å². The predicted molar refractivity (Wildman–Crippen MR) is 30.8 cm³/mol. The van der Waals surface area contributed by atoms with Crippen molar-refractivity contribution in [1.82, 2.24) is 0 Å². The van der Waals surface area contributed by atoms with E-state index in [-0.39, 0.29) is 35.6 Å². The SMILES string of the molecule is CC1=[C-]CC(C)=C1.[F-].[F-].[Zr+3]. The average molecular weight is 222 g/mol. The van der Waals surface area contributed by atoms with Gasteiger partial charge in [0, 0.05) is 0 Å². The Morgan fingerprint density at radius 1 is 1.30 bits per heavy atom. The van der Waals surface area contributed by atoms with E-state index in [4.69, 9.17) is 0 Å². The van der Waals surface area contributed by atoms with Crippen LogP contribution in [0.25, 0.3) is 0 Å². The minimum atomic E-state index is 0. The molecule has 0 bridgehead atoms. The third-order valence-electron chi connectivity index (χ3n) is 1.11. The molecule has 0 saturated heterocycles. The molecule has 0 spiro atoms. The van der Waals surface area contributed by atoms with Crippen LogP contribution in [0.5, 0.6) is 0 Å². The molecular weight excluding hydrogens is 213 g/mol. The Morgan fingerprint density at radius 3 is 1.90 bits per heavy atom. The van der Waals surface area contributed by atoms with Crippen LogP contribution in [0.3, 0.4) is 0 Å². The second-order valence-corrected chi connectivity index (χ2v) is 2.03. The molecule has 55 valence electrons. The number of hydrogen-bond acceptors (Lipinski definition) is 0. The molecule has 1 rings (SSSR count). The first-order valence-electron chi connectivity index (χ1n) is 2.53. The molecule has 0 N–H and O–H groups in total. The maximum atomic E-state index is 3.19. The molecule has 0 heterocycles. The fraction of sp³-hybridized carbons (Fsp3) is 0.429. The molecule has 0 unspecified atom stereocenters. The second-order valence-electron chi connectivity index (χ2n) is 2.03. The largest absolute Gasteiger partial charge is 3.00 e. The van der Waals surface area contributed by atoms with Crippen molar-refractivity contribution in [1.29, 1.82) is 0 Å². The van der Waals surface area contributed by atoms with Gasteiger partial charge in [-0.15, -0.1) is 6.42 Å². The van der Waals surface area contributed by atoms with E-state index in [1.54, 1.807) is 0 Å². The first-order valence-corrected chi connectivity index (χ1v) is 2.53. The molecule has 1 aliphatic carbocycles. The Kier molecular flexibility index (Phi) is 12.2. The summed E-state index contributed by atoms with van der Waals surface area (Å²) >= 11 is 0. The van der Waals surface area contributed by atoms with Crippen LogP contribution in [0.1, 0.15) is 20.3 Å². The summed E-state index contributed by atoms with van der Waals surface area (Å²) in [5.41, 5.74) is 2.72. The topological polar surface area (TPSA) is 0 Å². The van der Waals surface area contributed by atoms with Gasteiger partial charge in [-0.05, 0) is 0 Å². The van der Waals surface area contributed by atoms with E-state index in [2.05, 4.69) is 26.0 Å². The molecule has 0 aromatic heterocycles. The Hall–Kier alpha value is 0.223. The summed E-state index contributed by atoms with van der Waals surface area (Å²) in [6.07, 6.45) is 6.41. The summed E-state index contributed by atoms with van der Waals surface area (Å²) in [6, 6.07) is 0. The van der Waals surface area contributed by atoms with Crippen molar-refractivity contribution in [3.05, 3.63) is 23.3 Å². The van der Waals surface area contributed by atoms with Crippen molar-refractivity contribution in [2.75, 3.05) is 0 Å². The van der Waals surface area contributed by atoms with Gasteiger partial charge in [-0.1, -0.05) is 13.8 Å². The summed E-state index contributed by atoms with van der Waals surface area (Å²) in [5.74, 6) is 0. The smallest absolute Gasteiger partial charge is 1.00 e. The van der Waals surface area contributed by atoms with E-state index in [1.807, 2.05) is 0 Å². The molecule has 0 aromatic carbocycles. The van der Waals surface area contributed by atoms with Gasteiger partial charge in [0.2, 0.25) is 0 Å². The van der Waals surface area contributed by atoms with E-state index >= 15 is 0 Å². The summed E-state index contributed by atoms with van der Waals surface area (Å²) < 4.78 is 0. The molecule has 0 aliphatic heterocycles. The molecule has 0 aromatic rings. The summed E-state index contributed by atoms with van der Waals surface area (Å²) in [7, 11) is 0. The van der Waals surface area contributed by atoms with Gasteiger partial charge >= 0.3 is 26.2 Å². The third kappa shape index (κ3) is 5.04. The molecule has 0 atom stereocenters. The van der Waals surface area contributed by atoms with E-state index < -0.39 is 0 Å². The zero-order chi connectivity index (χ0) is 5.28. The van der Waals surface area contributed by atoms with Gasteiger partial charge in [0.25, 0.3) is 0 Å². The van der Waals surface area contributed by atoms with Crippen LogP contribution in [0.15, 0.2) is 17.2 Å². The molecule has 1 radical (unpaired) electrons. The van der Waals surface area contributed by atoms with Gasteiger partial charge in [0.1, 0.15) is 0 Å². The zero-order valence-corrected chi connectivity index (χ0v) is 8.50. The minimum absolute atomic E-state index is 0. The summed E-state index contributed by atoms with van der Waals surface area (Å²) in [5, 5.41) is 0. The number of allylic oxidation sites excluding steroid dienone is 4. The zero-order valence-electron chi connectivity index (χ0n) is 6.04. The maximum Gasteiger partial charge on any atom is 3.00 e. The van der Waals surface area contributed by atoms with Crippen LogP contribution in [-0.2, 0) is 26.2 Å². The van der Waals surface area contributed by atoms with E-state index in [0.29, 0.717) is 0 Å². The second kappa shape index (κ2) is 7.33. The molecule has 0 nitrogen and oxygen atoms in total. The fourth-order valence-corrected chi connectivity index (χ4v) is 0.751. The fourth-order valence-electron chi connectivity index (χ4n) is 0.751. The Balaban J connectivity index is -0.000000163. The summed E-state index contributed by atoms with van der Waals surface area (Å²) in [4.78, 5) is 0. The van der Waals surface area contributed by atoms with Gasteiger partial charge in [-0.25, -0.2) is 11.6 Å². The van der Waals surface area contributed by atoms with Crippen molar-refractivity contribution in [3.63, 3.8) is 0 Å². The predicted octanol–water partition coefficient (Wildman–Crippen LogP) is -3.91. The van der Waals surface area contributed by atoms with Crippen molar-refractivity contribution >= 4 is 0 Å². The molecule has 0 saturated carbocycles. The van der Waals surface area contributed by atoms with E-state index in [9.17, 15) is 0 Å². The van der Waals surface area contributed by atoms with Gasteiger partial charge in [0.05, 0.1) is 0 Å². The molecule has 3 heteroatoms. The average Bonchev–Trinajstić information content (AvgIpc) is 1.87. The van der Waals surface area contributed by atoms with E-state index in [0.717, 1.165) is 6.42 Å². The van der Waals surface area contributed by atoms with Crippen LogP contribution < -0.4 is 9.41 Å². The Morgan fingerprint density at radius 2 is 1.80 bits per heavy atom. The molecule has 0 fully saturated rings. The Labute approximate surface area is 79.2 Å². The van der Waals surface area contributed by atoms with Gasteiger partial charge < -0.3 is 9.41 Å². The quantitative estimate of drug-likeness (QED) is 0.368. The minimum Gasteiger partial charge on any atom is -1.00 e. The Bertz CT molecular complexity index is 139. The molecule has 1 aliphatic rings. The molecular formula is C7H9F2Zr. The first-order chi connectivity index (χ1) is 3.29. The van der Waals surface area contributed by atoms with Crippen LogP contribution >= 0.6 is 0 Å². The third-order valence-corrected chi connectivity index (χ3v) is 1.11. The van der Waals surface area contributed by atoms with Crippen molar-refractivity contribution in [2.45, 2.75) is 20.3 Å². The van der Waals surface area contributed by atoms with Crippen molar-refractivity contribution < 1.29 is 35.6 Å². The molecule has 10 heavy (non-hydrogen) atoms. The van der Waals surface area contributed by atoms with Crippen LogP contribution in [0.4, 0.5) is 0 Å². The standard InChI is InChI=1S/C7H9.2FH.Zr/c1-6-3-4-7(2)5-6;;;/h5H,3H2,1-2H3;2*1H;/q-1;;;+3/p-2. The maximum absolute atomic E-state index is 3.19. The van der Waals surface area contributed by atoms with Crippen LogP contribution in [-0.4, -0.2) is 0 Å². The van der Waals surface area contributed by atoms with E-state index in [1.165, 1.54) is 11.1 Å². The van der Waals surface area contributed by atoms with Crippen molar-refractivity contribution in [3.8, 4) is 0 Å². The molecule has 0 amide bonds. The van der Waals surface area contributed by atoms with Gasteiger partial charge in [-0.3, -0.25) is 6.08 Å².